The van der Waals surface area contributed by atoms with E-state index in [-0.39, 0.29) is 17.9 Å². The lowest BCUT2D eigenvalue weighted by Crippen LogP contribution is -2.41. The SMILES string of the molecule is NCC(NC(=O)c1ccc(NC(=O)CSc2cccs2)cc1)C1CC1. The van der Waals surface area contributed by atoms with Crippen LogP contribution in [0.1, 0.15) is 23.2 Å². The number of nitrogens with two attached hydrogens (primary N) is 1. The summed E-state index contributed by atoms with van der Waals surface area (Å²) in [5.41, 5.74) is 6.98. The Morgan fingerprint density at radius 3 is 2.60 bits per heavy atom. The van der Waals surface area contributed by atoms with Crippen molar-refractivity contribution in [2.75, 3.05) is 17.6 Å². The number of anilines is 1. The third-order valence-electron chi connectivity index (χ3n) is 4.03. The highest BCUT2D eigenvalue weighted by Gasteiger charge is 2.31. The predicted octanol–water partition coefficient (Wildman–Crippen LogP) is 2.95. The third-order valence-corrected chi connectivity index (χ3v) is 6.16. The minimum absolute atomic E-state index is 0.0566. The van der Waals surface area contributed by atoms with E-state index in [4.69, 9.17) is 5.73 Å². The summed E-state index contributed by atoms with van der Waals surface area (Å²) in [7, 11) is 0. The molecule has 4 N–H and O–H groups in total. The molecule has 2 aromatic rings. The number of carbonyl (C=O) groups is 2. The van der Waals surface area contributed by atoms with E-state index in [9.17, 15) is 9.59 Å². The highest BCUT2D eigenvalue weighted by atomic mass is 32.2. The van der Waals surface area contributed by atoms with Crippen LogP contribution >= 0.6 is 23.1 Å². The quantitative estimate of drug-likeness (QED) is 0.620. The molecule has 1 aliphatic carbocycles. The van der Waals surface area contributed by atoms with Crippen LogP contribution in [0.3, 0.4) is 0 Å². The average Bonchev–Trinajstić information content (AvgIpc) is 3.33. The van der Waals surface area contributed by atoms with Crippen LogP contribution in [-0.4, -0.2) is 30.2 Å². The van der Waals surface area contributed by atoms with Gasteiger partial charge in [0, 0.05) is 23.8 Å². The molecule has 0 saturated heterocycles. The molecule has 0 aliphatic heterocycles. The van der Waals surface area contributed by atoms with Gasteiger partial charge in [-0.05, 0) is 54.5 Å². The number of hydrogen-bond donors (Lipinski definition) is 3. The lowest BCUT2D eigenvalue weighted by molar-refractivity contribution is -0.113. The molecule has 1 aromatic heterocycles. The van der Waals surface area contributed by atoms with E-state index >= 15 is 0 Å². The first-order valence-corrected chi connectivity index (χ1v) is 10.1. The Morgan fingerprint density at radius 1 is 1.24 bits per heavy atom. The molecule has 1 aliphatic rings. The highest BCUT2D eigenvalue weighted by Crippen LogP contribution is 2.32. The summed E-state index contributed by atoms with van der Waals surface area (Å²) in [6, 6.07) is 10.9. The molecule has 1 unspecified atom stereocenters. The molecule has 1 saturated carbocycles. The molecule has 25 heavy (non-hydrogen) atoms. The van der Waals surface area contributed by atoms with E-state index < -0.39 is 0 Å². The summed E-state index contributed by atoms with van der Waals surface area (Å²) in [5, 5.41) is 7.82. The number of nitrogens with one attached hydrogen (secondary N) is 2. The van der Waals surface area contributed by atoms with Crippen molar-refractivity contribution in [1.82, 2.24) is 5.32 Å². The second-order valence-corrected chi connectivity index (χ2v) is 8.22. The summed E-state index contributed by atoms with van der Waals surface area (Å²) in [5.74, 6) is 0.705. The highest BCUT2D eigenvalue weighted by molar-refractivity contribution is 8.01. The summed E-state index contributed by atoms with van der Waals surface area (Å²) >= 11 is 3.13. The fourth-order valence-corrected chi connectivity index (χ4v) is 4.09. The molecule has 7 heteroatoms. The number of thiophene rings is 1. The van der Waals surface area contributed by atoms with Gasteiger partial charge in [0.1, 0.15) is 0 Å². The Labute approximate surface area is 155 Å². The second kappa shape index (κ2) is 8.51. The van der Waals surface area contributed by atoms with E-state index in [0.29, 0.717) is 29.5 Å². The van der Waals surface area contributed by atoms with Gasteiger partial charge >= 0.3 is 0 Å². The molecule has 1 aromatic carbocycles. The van der Waals surface area contributed by atoms with Gasteiger partial charge in [-0.2, -0.15) is 0 Å². The van der Waals surface area contributed by atoms with Gasteiger partial charge in [0.25, 0.3) is 5.91 Å². The zero-order valence-electron chi connectivity index (χ0n) is 13.7. The van der Waals surface area contributed by atoms with Crippen molar-refractivity contribution in [2.24, 2.45) is 11.7 Å². The molecule has 0 spiro atoms. The fourth-order valence-electron chi connectivity index (χ4n) is 2.50. The van der Waals surface area contributed by atoms with Crippen LogP contribution in [0.2, 0.25) is 0 Å². The van der Waals surface area contributed by atoms with Crippen LogP contribution < -0.4 is 16.4 Å². The maximum Gasteiger partial charge on any atom is 0.251 e. The van der Waals surface area contributed by atoms with Crippen LogP contribution in [0.5, 0.6) is 0 Å². The maximum absolute atomic E-state index is 12.3. The largest absolute Gasteiger partial charge is 0.348 e. The van der Waals surface area contributed by atoms with E-state index in [2.05, 4.69) is 10.6 Å². The van der Waals surface area contributed by atoms with E-state index in [1.54, 1.807) is 35.6 Å². The third kappa shape index (κ3) is 5.32. The lowest BCUT2D eigenvalue weighted by atomic mass is 10.1. The molecular formula is C18H21N3O2S2. The van der Waals surface area contributed by atoms with Gasteiger partial charge in [-0.3, -0.25) is 9.59 Å². The van der Waals surface area contributed by atoms with E-state index in [0.717, 1.165) is 17.1 Å². The van der Waals surface area contributed by atoms with Crippen LogP contribution in [0.25, 0.3) is 0 Å². The van der Waals surface area contributed by atoms with Gasteiger partial charge < -0.3 is 16.4 Å². The number of rotatable bonds is 8. The van der Waals surface area contributed by atoms with Crippen molar-refractivity contribution in [2.45, 2.75) is 23.1 Å². The van der Waals surface area contributed by atoms with Crippen LogP contribution in [0.4, 0.5) is 5.69 Å². The van der Waals surface area contributed by atoms with Gasteiger partial charge in [-0.15, -0.1) is 23.1 Å². The molecule has 3 rings (SSSR count). The molecule has 132 valence electrons. The van der Waals surface area contributed by atoms with Crippen molar-refractivity contribution in [1.29, 1.82) is 0 Å². The first-order chi connectivity index (χ1) is 12.2. The number of carbonyl (C=O) groups excluding carboxylic acids is 2. The number of thioether (sulfide) groups is 1. The first kappa shape index (κ1) is 18.0. The van der Waals surface area contributed by atoms with E-state index in [1.165, 1.54) is 11.8 Å². The minimum atomic E-state index is -0.117. The molecule has 1 atom stereocenters. The second-order valence-electron chi connectivity index (χ2n) is 6.00. The molecule has 1 fully saturated rings. The Balaban J connectivity index is 1.49. The summed E-state index contributed by atoms with van der Waals surface area (Å²) in [6.07, 6.45) is 2.27. The maximum atomic E-state index is 12.3. The topological polar surface area (TPSA) is 84.2 Å². The van der Waals surface area contributed by atoms with Gasteiger partial charge in [-0.1, -0.05) is 6.07 Å². The van der Waals surface area contributed by atoms with Crippen LogP contribution in [-0.2, 0) is 4.79 Å². The average molecular weight is 376 g/mol. The normalized spacial score (nSPS) is 14.8. The van der Waals surface area contributed by atoms with Gasteiger partial charge in [0.15, 0.2) is 0 Å². The Bertz CT molecular complexity index is 712. The van der Waals surface area contributed by atoms with Crippen molar-refractivity contribution in [3.63, 3.8) is 0 Å². The van der Waals surface area contributed by atoms with Crippen LogP contribution in [0.15, 0.2) is 46.0 Å². The lowest BCUT2D eigenvalue weighted by Gasteiger charge is -2.16. The Morgan fingerprint density at radius 2 is 2.00 bits per heavy atom. The monoisotopic (exact) mass is 375 g/mol. The Hall–Kier alpha value is -1.83. The number of amides is 2. The molecule has 0 bridgehead atoms. The summed E-state index contributed by atoms with van der Waals surface area (Å²) < 4.78 is 1.12. The van der Waals surface area contributed by atoms with E-state index in [1.807, 2.05) is 17.5 Å². The van der Waals surface area contributed by atoms with Crippen molar-refractivity contribution >= 4 is 40.6 Å². The fraction of sp³-hybridized carbons (Fsp3) is 0.333. The predicted molar refractivity (Wildman–Crippen MR) is 103 cm³/mol. The molecule has 5 nitrogen and oxygen atoms in total. The van der Waals surface area contributed by atoms with Gasteiger partial charge in [0.05, 0.1) is 9.96 Å². The number of hydrogen-bond acceptors (Lipinski definition) is 5. The molecule has 1 heterocycles. The standard InChI is InChI=1S/C18H21N3O2S2/c19-10-15(12-3-4-12)21-18(23)13-5-7-14(8-6-13)20-16(22)11-25-17-2-1-9-24-17/h1-2,5-9,12,15H,3-4,10-11,19H2,(H,20,22)(H,21,23). The Kier molecular flexibility index (Phi) is 6.12. The zero-order chi connectivity index (χ0) is 17.6. The van der Waals surface area contributed by atoms with Crippen molar-refractivity contribution in [3.8, 4) is 0 Å². The molecule has 0 radical (unpaired) electrons. The summed E-state index contributed by atoms with van der Waals surface area (Å²) in [4.78, 5) is 24.2. The summed E-state index contributed by atoms with van der Waals surface area (Å²) in [6.45, 7) is 0.465. The molecular weight excluding hydrogens is 354 g/mol. The molecule has 2 amide bonds. The zero-order valence-corrected chi connectivity index (χ0v) is 15.4. The van der Waals surface area contributed by atoms with Crippen LogP contribution in [0, 0.1) is 5.92 Å². The van der Waals surface area contributed by atoms with Gasteiger partial charge in [0.2, 0.25) is 5.91 Å². The first-order valence-electron chi connectivity index (χ1n) is 8.23. The minimum Gasteiger partial charge on any atom is -0.348 e. The van der Waals surface area contributed by atoms with Crippen molar-refractivity contribution < 1.29 is 9.59 Å². The smallest absolute Gasteiger partial charge is 0.251 e. The van der Waals surface area contributed by atoms with Gasteiger partial charge in [-0.25, -0.2) is 0 Å². The number of benzene rings is 1. The van der Waals surface area contributed by atoms with Crippen molar-refractivity contribution in [3.05, 3.63) is 47.3 Å².